The molecular weight excluding hydrogens is 357 g/mol. The van der Waals surface area contributed by atoms with Crippen LogP contribution in [0.15, 0.2) is 18.2 Å². The van der Waals surface area contributed by atoms with Crippen LogP contribution in [0.3, 0.4) is 0 Å². The summed E-state index contributed by atoms with van der Waals surface area (Å²) in [5, 5.41) is 0. The van der Waals surface area contributed by atoms with Crippen LogP contribution in [0.25, 0.3) is 0 Å². The summed E-state index contributed by atoms with van der Waals surface area (Å²) in [5.41, 5.74) is 6.36. The fraction of sp³-hybridized carbons (Fsp3) is 0.682. The first kappa shape index (κ1) is 20.9. The number of hydrogen-bond acceptors (Lipinski definition) is 5. The van der Waals surface area contributed by atoms with E-state index in [1.807, 2.05) is 20.8 Å². The van der Waals surface area contributed by atoms with Crippen molar-refractivity contribution in [3.8, 4) is 0 Å². The second-order valence-electron chi connectivity index (χ2n) is 9.20. The monoisotopic (exact) mass is 391 g/mol. The van der Waals surface area contributed by atoms with Gasteiger partial charge < -0.3 is 15.4 Å². The third-order valence-electron chi connectivity index (χ3n) is 5.83. The molecule has 3 rings (SSSR count). The van der Waals surface area contributed by atoms with Crippen LogP contribution in [0.4, 0.5) is 15.8 Å². The van der Waals surface area contributed by atoms with Crippen molar-refractivity contribution < 1.29 is 13.9 Å². The van der Waals surface area contributed by atoms with Gasteiger partial charge in [-0.25, -0.2) is 4.39 Å². The van der Waals surface area contributed by atoms with Crippen LogP contribution in [-0.4, -0.2) is 48.7 Å². The highest BCUT2D eigenvalue weighted by Gasteiger charge is 2.30. The van der Waals surface area contributed by atoms with E-state index in [9.17, 15) is 9.18 Å². The van der Waals surface area contributed by atoms with Crippen LogP contribution in [0.2, 0.25) is 0 Å². The minimum Gasteiger partial charge on any atom is -0.460 e. The summed E-state index contributed by atoms with van der Waals surface area (Å²) in [7, 11) is 0. The van der Waals surface area contributed by atoms with Gasteiger partial charge in [-0.1, -0.05) is 0 Å². The average Bonchev–Trinajstić information content (AvgIpc) is 2.61. The molecule has 156 valence electrons. The molecule has 0 unspecified atom stereocenters. The molecule has 1 saturated heterocycles. The number of nitrogens with zero attached hydrogens (tertiary/aromatic N) is 2. The SMILES string of the molecule is CC(C)(C)OC(=O)C[C@H]1CC[C@H](N2CCN(c3ccc(N)cc3F)CC2)CC1. The van der Waals surface area contributed by atoms with E-state index >= 15 is 0 Å². The van der Waals surface area contributed by atoms with E-state index in [0.717, 1.165) is 51.9 Å². The zero-order chi connectivity index (χ0) is 20.3. The first-order valence-corrected chi connectivity index (χ1v) is 10.5. The van der Waals surface area contributed by atoms with Gasteiger partial charge in [0.25, 0.3) is 0 Å². The van der Waals surface area contributed by atoms with Gasteiger partial charge in [-0.05, 0) is 70.6 Å². The van der Waals surface area contributed by atoms with Gasteiger partial charge in [0.15, 0.2) is 0 Å². The molecule has 0 spiro atoms. The molecule has 1 saturated carbocycles. The Hall–Kier alpha value is -1.82. The summed E-state index contributed by atoms with van der Waals surface area (Å²) in [4.78, 5) is 16.7. The van der Waals surface area contributed by atoms with Crippen LogP contribution in [0.5, 0.6) is 0 Å². The molecule has 0 radical (unpaired) electrons. The summed E-state index contributed by atoms with van der Waals surface area (Å²) in [6.07, 6.45) is 4.95. The Kier molecular flexibility index (Phi) is 6.48. The Morgan fingerprint density at radius 3 is 2.36 bits per heavy atom. The topological polar surface area (TPSA) is 58.8 Å². The number of benzene rings is 1. The summed E-state index contributed by atoms with van der Waals surface area (Å²) < 4.78 is 19.6. The first-order valence-electron chi connectivity index (χ1n) is 10.5. The number of nitrogen functional groups attached to an aromatic ring is 1. The smallest absolute Gasteiger partial charge is 0.306 e. The molecule has 1 aromatic carbocycles. The Balaban J connectivity index is 1.43. The fourth-order valence-corrected chi connectivity index (χ4v) is 4.44. The highest BCUT2D eigenvalue weighted by molar-refractivity contribution is 5.70. The Morgan fingerprint density at radius 1 is 1.14 bits per heavy atom. The molecular formula is C22H34FN3O2. The lowest BCUT2D eigenvalue weighted by molar-refractivity contribution is -0.156. The summed E-state index contributed by atoms with van der Waals surface area (Å²) in [6, 6.07) is 5.51. The van der Waals surface area contributed by atoms with E-state index in [1.165, 1.54) is 6.07 Å². The van der Waals surface area contributed by atoms with Gasteiger partial charge in [0.2, 0.25) is 0 Å². The Morgan fingerprint density at radius 2 is 1.79 bits per heavy atom. The average molecular weight is 392 g/mol. The molecule has 28 heavy (non-hydrogen) atoms. The van der Waals surface area contributed by atoms with Crippen molar-refractivity contribution >= 4 is 17.3 Å². The number of ether oxygens (including phenoxy) is 1. The van der Waals surface area contributed by atoms with E-state index < -0.39 is 5.60 Å². The summed E-state index contributed by atoms with van der Waals surface area (Å²) in [6.45, 7) is 9.31. The van der Waals surface area contributed by atoms with Gasteiger partial charge in [0.1, 0.15) is 11.4 Å². The van der Waals surface area contributed by atoms with Crippen LogP contribution >= 0.6 is 0 Å². The number of carbonyl (C=O) groups is 1. The van der Waals surface area contributed by atoms with Gasteiger partial charge in [-0.15, -0.1) is 0 Å². The van der Waals surface area contributed by atoms with Crippen molar-refractivity contribution in [2.24, 2.45) is 5.92 Å². The number of anilines is 2. The van der Waals surface area contributed by atoms with Crippen molar-refractivity contribution in [1.82, 2.24) is 4.90 Å². The molecule has 2 aliphatic rings. The maximum absolute atomic E-state index is 14.2. The number of halogens is 1. The highest BCUT2D eigenvalue weighted by atomic mass is 19.1. The van der Waals surface area contributed by atoms with Crippen LogP contribution in [-0.2, 0) is 9.53 Å². The molecule has 2 fully saturated rings. The second kappa shape index (κ2) is 8.68. The highest BCUT2D eigenvalue weighted by Crippen LogP contribution is 2.31. The van der Waals surface area contributed by atoms with Gasteiger partial charge >= 0.3 is 5.97 Å². The number of esters is 1. The van der Waals surface area contributed by atoms with E-state index in [0.29, 0.717) is 29.8 Å². The lowest BCUT2D eigenvalue weighted by Crippen LogP contribution is -2.51. The van der Waals surface area contributed by atoms with Crippen molar-refractivity contribution in [2.75, 3.05) is 36.8 Å². The molecule has 5 nitrogen and oxygen atoms in total. The zero-order valence-electron chi connectivity index (χ0n) is 17.4. The predicted molar refractivity (Wildman–Crippen MR) is 111 cm³/mol. The largest absolute Gasteiger partial charge is 0.460 e. The van der Waals surface area contributed by atoms with Crippen molar-refractivity contribution in [3.05, 3.63) is 24.0 Å². The number of carbonyl (C=O) groups excluding carboxylic acids is 1. The Labute approximate surface area is 168 Å². The number of rotatable bonds is 4. The summed E-state index contributed by atoms with van der Waals surface area (Å²) >= 11 is 0. The molecule has 0 aromatic heterocycles. The van der Waals surface area contributed by atoms with E-state index in [2.05, 4.69) is 9.80 Å². The van der Waals surface area contributed by atoms with Crippen molar-refractivity contribution in [1.29, 1.82) is 0 Å². The molecule has 0 amide bonds. The fourth-order valence-electron chi connectivity index (χ4n) is 4.44. The van der Waals surface area contributed by atoms with Gasteiger partial charge in [-0.2, -0.15) is 0 Å². The summed E-state index contributed by atoms with van der Waals surface area (Å²) in [5.74, 6) is 0.127. The minimum atomic E-state index is -0.405. The molecule has 1 aliphatic carbocycles. The van der Waals surface area contributed by atoms with Gasteiger partial charge in [0, 0.05) is 44.3 Å². The predicted octanol–water partition coefficient (Wildman–Crippen LogP) is 3.82. The third-order valence-corrected chi connectivity index (χ3v) is 5.83. The van der Waals surface area contributed by atoms with E-state index in [1.54, 1.807) is 12.1 Å². The standard InChI is InChI=1S/C22H34FN3O2/c1-22(2,3)28-21(27)14-16-4-7-18(8-5-16)25-10-12-26(13-11-25)20-9-6-17(24)15-19(20)23/h6,9,15-16,18H,4-5,7-8,10-14,24H2,1-3H3/t16-,18-. The maximum atomic E-state index is 14.2. The molecule has 1 aromatic rings. The van der Waals surface area contributed by atoms with Gasteiger partial charge in [0.05, 0.1) is 5.69 Å². The van der Waals surface area contributed by atoms with Crippen LogP contribution in [0.1, 0.15) is 52.9 Å². The zero-order valence-corrected chi connectivity index (χ0v) is 17.4. The number of hydrogen-bond donors (Lipinski definition) is 1. The van der Waals surface area contributed by atoms with E-state index in [-0.39, 0.29) is 11.8 Å². The maximum Gasteiger partial charge on any atom is 0.306 e. The van der Waals surface area contributed by atoms with Gasteiger partial charge in [-0.3, -0.25) is 9.69 Å². The van der Waals surface area contributed by atoms with Crippen molar-refractivity contribution in [2.45, 2.75) is 64.5 Å². The van der Waals surface area contributed by atoms with Crippen molar-refractivity contribution in [3.63, 3.8) is 0 Å². The molecule has 0 bridgehead atoms. The minimum absolute atomic E-state index is 0.0740. The molecule has 0 atom stereocenters. The quantitative estimate of drug-likeness (QED) is 0.625. The van der Waals surface area contributed by atoms with Crippen LogP contribution < -0.4 is 10.6 Å². The second-order valence-corrected chi connectivity index (χ2v) is 9.20. The normalized spacial score (nSPS) is 24.2. The molecule has 2 N–H and O–H groups in total. The number of piperazine rings is 1. The van der Waals surface area contributed by atoms with E-state index in [4.69, 9.17) is 10.5 Å². The molecule has 6 heteroatoms. The number of nitrogens with two attached hydrogens (primary N) is 1. The molecule has 1 heterocycles. The lowest BCUT2D eigenvalue weighted by atomic mass is 9.83. The Bertz CT molecular complexity index is 673. The van der Waals surface area contributed by atoms with Crippen LogP contribution in [0, 0.1) is 11.7 Å². The third kappa shape index (κ3) is 5.60. The first-order chi connectivity index (χ1) is 13.2. The lowest BCUT2D eigenvalue weighted by Gasteiger charge is -2.42. The molecule has 1 aliphatic heterocycles.